The number of nitrogens with one attached hydrogen (secondary N) is 1. The Hall–Kier alpha value is -2.61. The van der Waals surface area contributed by atoms with Gasteiger partial charge in [0, 0.05) is 44.8 Å². The van der Waals surface area contributed by atoms with Crippen LogP contribution in [0.4, 0.5) is 17.1 Å². The standard InChI is InChI=1S/C19H24N4O3S/c1-22(2)17-6-4-15(5-7-17)21-16-10-14(11-20-12-16)19(24)23(3)18-8-9-27(25,26)13-18/h4-7,10-12,18,21H,8-9,13H2,1-3H3. The molecule has 0 radical (unpaired) electrons. The van der Waals surface area contributed by atoms with E-state index < -0.39 is 9.84 Å². The molecule has 3 rings (SSSR count). The van der Waals surface area contributed by atoms with Crippen molar-refractivity contribution in [2.24, 2.45) is 0 Å². The van der Waals surface area contributed by atoms with Crippen LogP contribution >= 0.6 is 0 Å². The molecule has 144 valence electrons. The number of carbonyl (C=O) groups is 1. The second kappa shape index (κ2) is 7.56. The number of anilines is 3. The summed E-state index contributed by atoms with van der Waals surface area (Å²) in [4.78, 5) is 20.4. The number of carbonyl (C=O) groups excluding carboxylic acids is 1. The minimum absolute atomic E-state index is 0.0266. The molecular weight excluding hydrogens is 364 g/mol. The van der Waals surface area contributed by atoms with Crippen molar-refractivity contribution < 1.29 is 13.2 Å². The molecule has 1 N–H and O–H groups in total. The molecule has 1 aromatic carbocycles. The van der Waals surface area contributed by atoms with Gasteiger partial charge in [0.1, 0.15) is 0 Å². The van der Waals surface area contributed by atoms with E-state index in [0.717, 1.165) is 11.4 Å². The highest BCUT2D eigenvalue weighted by Crippen LogP contribution is 2.22. The van der Waals surface area contributed by atoms with Gasteiger partial charge in [0.25, 0.3) is 5.91 Å². The van der Waals surface area contributed by atoms with Crippen molar-refractivity contribution >= 4 is 32.8 Å². The summed E-state index contributed by atoms with van der Waals surface area (Å²) < 4.78 is 23.3. The van der Waals surface area contributed by atoms with E-state index in [1.165, 1.54) is 11.1 Å². The molecule has 1 aromatic heterocycles. The highest BCUT2D eigenvalue weighted by molar-refractivity contribution is 7.91. The zero-order valence-electron chi connectivity index (χ0n) is 15.7. The summed E-state index contributed by atoms with van der Waals surface area (Å²) in [6, 6.07) is 9.36. The van der Waals surface area contributed by atoms with Crippen molar-refractivity contribution in [2.45, 2.75) is 12.5 Å². The number of sulfone groups is 1. The highest BCUT2D eigenvalue weighted by Gasteiger charge is 2.33. The van der Waals surface area contributed by atoms with Crippen LogP contribution < -0.4 is 10.2 Å². The van der Waals surface area contributed by atoms with Crippen LogP contribution in [0.25, 0.3) is 0 Å². The number of pyridine rings is 1. The van der Waals surface area contributed by atoms with Gasteiger partial charge in [-0.3, -0.25) is 9.78 Å². The van der Waals surface area contributed by atoms with Crippen LogP contribution in [0.1, 0.15) is 16.8 Å². The second-order valence-corrected chi connectivity index (χ2v) is 9.23. The van der Waals surface area contributed by atoms with E-state index in [0.29, 0.717) is 17.7 Å². The zero-order valence-corrected chi connectivity index (χ0v) is 16.5. The first-order valence-corrected chi connectivity index (χ1v) is 10.5. The van der Waals surface area contributed by atoms with E-state index in [1.807, 2.05) is 43.3 Å². The van der Waals surface area contributed by atoms with Gasteiger partial charge in [0.05, 0.1) is 29.0 Å². The Morgan fingerprint density at radius 3 is 2.41 bits per heavy atom. The van der Waals surface area contributed by atoms with Crippen molar-refractivity contribution in [1.29, 1.82) is 0 Å². The Labute approximate surface area is 159 Å². The number of hydrogen-bond acceptors (Lipinski definition) is 6. The van der Waals surface area contributed by atoms with Gasteiger partial charge in [0.15, 0.2) is 9.84 Å². The number of amides is 1. The predicted octanol–water partition coefficient (Wildman–Crippen LogP) is 2.15. The molecule has 1 fully saturated rings. The Balaban J connectivity index is 1.72. The molecule has 0 saturated carbocycles. The molecule has 8 heteroatoms. The number of aromatic nitrogens is 1. The van der Waals surface area contributed by atoms with Crippen molar-refractivity contribution in [3.63, 3.8) is 0 Å². The van der Waals surface area contributed by atoms with Gasteiger partial charge in [0.2, 0.25) is 0 Å². The third kappa shape index (κ3) is 4.57. The second-order valence-electron chi connectivity index (χ2n) is 7.00. The van der Waals surface area contributed by atoms with Crippen molar-refractivity contribution in [3.05, 3.63) is 48.3 Å². The molecule has 1 aliphatic heterocycles. The lowest BCUT2D eigenvalue weighted by molar-refractivity contribution is 0.0747. The predicted molar refractivity (Wildman–Crippen MR) is 107 cm³/mol. The van der Waals surface area contributed by atoms with E-state index in [9.17, 15) is 13.2 Å². The first kappa shape index (κ1) is 19.2. The van der Waals surface area contributed by atoms with E-state index in [2.05, 4.69) is 10.3 Å². The summed E-state index contributed by atoms with van der Waals surface area (Å²) in [5, 5.41) is 3.24. The Morgan fingerprint density at radius 2 is 1.81 bits per heavy atom. The lowest BCUT2D eigenvalue weighted by atomic mass is 10.2. The van der Waals surface area contributed by atoms with E-state index in [1.54, 1.807) is 19.3 Å². The molecular formula is C19H24N4O3S. The maximum absolute atomic E-state index is 12.7. The number of hydrogen-bond donors (Lipinski definition) is 1. The first-order chi connectivity index (χ1) is 12.7. The summed E-state index contributed by atoms with van der Waals surface area (Å²) in [6.45, 7) is 0. The largest absolute Gasteiger partial charge is 0.378 e. The molecule has 7 nitrogen and oxygen atoms in total. The van der Waals surface area contributed by atoms with Crippen LogP contribution in [0.15, 0.2) is 42.7 Å². The van der Waals surface area contributed by atoms with Crippen LogP contribution in [0.5, 0.6) is 0 Å². The maximum atomic E-state index is 12.7. The molecule has 1 amide bonds. The van der Waals surface area contributed by atoms with Gasteiger partial charge in [-0.25, -0.2) is 8.42 Å². The minimum Gasteiger partial charge on any atom is -0.378 e. The fraction of sp³-hybridized carbons (Fsp3) is 0.368. The zero-order chi connectivity index (χ0) is 19.6. The van der Waals surface area contributed by atoms with Crippen LogP contribution in [-0.4, -0.2) is 62.9 Å². The summed E-state index contributed by atoms with van der Waals surface area (Å²) in [5.41, 5.74) is 3.11. The third-order valence-electron chi connectivity index (χ3n) is 4.73. The average Bonchev–Trinajstić information content (AvgIpc) is 3.01. The molecule has 1 saturated heterocycles. The average molecular weight is 388 g/mol. The topological polar surface area (TPSA) is 82.6 Å². The molecule has 0 aliphatic carbocycles. The van der Waals surface area contributed by atoms with Crippen LogP contribution in [0.3, 0.4) is 0 Å². The summed E-state index contributed by atoms with van der Waals surface area (Å²) in [5.74, 6) is -0.0621. The molecule has 1 atom stereocenters. The molecule has 2 heterocycles. The lowest BCUT2D eigenvalue weighted by Crippen LogP contribution is -2.37. The van der Waals surface area contributed by atoms with Gasteiger partial charge in [-0.1, -0.05) is 0 Å². The maximum Gasteiger partial charge on any atom is 0.255 e. The minimum atomic E-state index is -3.04. The Bertz CT molecular complexity index is 926. The molecule has 1 unspecified atom stereocenters. The fourth-order valence-corrected chi connectivity index (χ4v) is 4.86. The molecule has 27 heavy (non-hydrogen) atoms. The lowest BCUT2D eigenvalue weighted by Gasteiger charge is -2.23. The smallest absolute Gasteiger partial charge is 0.255 e. The number of rotatable bonds is 5. The first-order valence-electron chi connectivity index (χ1n) is 8.72. The monoisotopic (exact) mass is 388 g/mol. The Kier molecular flexibility index (Phi) is 5.36. The highest BCUT2D eigenvalue weighted by atomic mass is 32.2. The van der Waals surface area contributed by atoms with Crippen molar-refractivity contribution in [1.82, 2.24) is 9.88 Å². The van der Waals surface area contributed by atoms with Gasteiger partial charge in [-0.2, -0.15) is 0 Å². The number of benzene rings is 1. The van der Waals surface area contributed by atoms with E-state index in [4.69, 9.17) is 0 Å². The normalized spacial score (nSPS) is 18.1. The van der Waals surface area contributed by atoms with Crippen LogP contribution in [0, 0.1) is 0 Å². The Morgan fingerprint density at radius 1 is 1.11 bits per heavy atom. The van der Waals surface area contributed by atoms with Gasteiger partial charge in [-0.15, -0.1) is 0 Å². The third-order valence-corrected chi connectivity index (χ3v) is 6.48. The van der Waals surface area contributed by atoms with Crippen molar-refractivity contribution in [2.75, 3.05) is 42.9 Å². The SMILES string of the molecule is CN(C)c1ccc(Nc2cncc(C(=O)N(C)C3CCS(=O)(=O)C3)c2)cc1. The van der Waals surface area contributed by atoms with Crippen LogP contribution in [-0.2, 0) is 9.84 Å². The summed E-state index contributed by atoms with van der Waals surface area (Å²) >= 11 is 0. The molecule has 1 aliphatic rings. The summed E-state index contributed by atoms with van der Waals surface area (Å²) in [6.07, 6.45) is 3.63. The number of nitrogens with zero attached hydrogens (tertiary/aromatic N) is 3. The van der Waals surface area contributed by atoms with E-state index in [-0.39, 0.29) is 23.5 Å². The fourth-order valence-electron chi connectivity index (χ4n) is 3.09. The van der Waals surface area contributed by atoms with E-state index >= 15 is 0 Å². The molecule has 2 aromatic rings. The van der Waals surface area contributed by atoms with Gasteiger partial charge in [-0.05, 0) is 36.8 Å². The van der Waals surface area contributed by atoms with Crippen molar-refractivity contribution in [3.8, 4) is 0 Å². The molecule has 0 bridgehead atoms. The van der Waals surface area contributed by atoms with Gasteiger partial charge >= 0.3 is 0 Å². The van der Waals surface area contributed by atoms with Gasteiger partial charge < -0.3 is 15.1 Å². The van der Waals surface area contributed by atoms with Crippen LogP contribution in [0.2, 0.25) is 0 Å². The summed E-state index contributed by atoms with van der Waals surface area (Å²) in [7, 11) is 2.57. The quantitative estimate of drug-likeness (QED) is 0.845. The molecule has 0 spiro atoms.